The standard InChI is InChI=1S/C13H19N3O/c1-16-9-5-8-12(16)10-14-15-13(17)11-6-3-2-4-7-11/h5,8-11H,2-4,6-7H2,1H3,(H,15,17). The van der Waals surface area contributed by atoms with E-state index < -0.39 is 0 Å². The summed E-state index contributed by atoms with van der Waals surface area (Å²) < 4.78 is 1.95. The number of rotatable bonds is 3. The molecule has 0 atom stereocenters. The summed E-state index contributed by atoms with van der Waals surface area (Å²) in [6.07, 6.45) is 9.23. The number of aromatic nitrogens is 1. The normalized spacial score (nSPS) is 17.5. The molecule has 1 heterocycles. The van der Waals surface area contributed by atoms with E-state index in [0.29, 0.717) is 0 Å². The van der Waals surface area contributed by atoms with Gasteiger partial charge in [-0.25, -0.2) is 5.43 Å². The monoisotopic (exact) mass is 233 g/mol. The van der Waals surface area contributed by atoms with E-state index in [4.69, 9.17) is 0 Å². The second-order valence-corrected chi connectivity index (χ2v) is 4.61. The molecule has 0 aromatic carbocycles. The third-order valence-electron chi connectivity index (χ3n) is 3.33. The van der Waals surface area contributed by atoms with Crippen LogP contribution in [0.25, 0.3) is 0 Å². The Bertz CT molecular complexity index is 403. The van der Waals surface area contributed by atoms with Gasteiger partial charge in [0.1, 0.15) is 0 Å². The van der Waals surface area contributed by atoms with Gasteiger partial charge in [-0.3, -0.25) is 4.79 Å². The van der Waals surface area contributed by atoms with Crippen molar-refractivity contribution in [2.45, 2.75) is 32.1 Å². The van der Waals surface area contributed by atoms with Gasteiger partial charge in [0.15, 0.2) is 0 Å². The van der Waals surface area contributed by atoms with Crippen molar-refractivity contribution in [1.29, 1.82) is 0 Å². The summed E-state index contributed by atoms with van der Waals surface area (Å²) in [7, 11) is 1.95. The number of aryl methyl sites for hydroxylation is 1. The summed E-state index contributed by atoms with van der Waals surface area (Å²) in [5, 5.41) is 4.00. The molecule has 1 amide bonds. The molecule has 92 valence electrons. The lowest BCUT2D eigenvalue weighted by atomic mass is 9.89. The Kier molecular flexibility index (Phi) is 3.96. The Labute approximate surface area is 102 Å². The fourth-order valence-electron chi connectivity index (χ4n) is 2.23. The third kappa shape index (κ3) is 3.19. The van der Waals surface area contributed by atoms with Crippen molar-refractivity contribution in [3.05, 3.63) is 24.0 Å². The second kappa shape index (κ2) is 5.66. The van der Waals surface area contributed by atoms with Crippen molar-refractivity contribution < 1.29 is 4.79 Å². The molecule has 0 spiro atoms. The number of carbonyl (C=O) groups excluding carboxylic acids is 1. The molecule has 1 saturated carbocycles. The SMILES string of the molecule is Cn1cccc1C=NNC(=O)C1CCCCC1. The summed E-state index contributed by atoms with van der Waals surface area (Å²) in [6.45, 7) is 0. The number of amides is 1. The highest BCUT2D eigenvalue weighted by Gasteiger charge is 2.20. The molecule has 17 heavy (non-hydrogen) atoms. The molecular formula is C13H19N3O. The van der Waals surface area contributed by atoms with Gasteiger partial charge in [-0.15, -0.1) is 0 Å². The molecule has 1 aliphatic carbocycles. The van der Waals surface area contributed by atoms with Crippen LogP contribution in [0.4, 0.5) is 0 Å². The van der Waals surface area contributed by atoms with Crippen LogP contribution in [0.3, 0.4) is 0 Å². The van der Waals surface area contributed by atoms with Crippen molar-refractivity contribution in [2.75, 3.05) is 0 Å². The van der Waals surface area contributed by atoms with Crippen LogP contribution in [0, 0.1) is 5.92 Å². The summed E-state index contributed by atoms with van der Waals surface area (Å²) in [4.78, 5) is 11.8. The highest BCUT2D eigenvalue weighted by molar-refractivity contribution is 5.82. The first-order chi connectivity index (χ1) is 8.27. The fraction of sp³-hybridized carbons (Fsp3) is 0.538. The minimum atomic E-state index is 0.0650. The molecule has 1 aliphatic rings. The fourth-order valence-corrected chi connectivity index (χ4v) is 2.23. The smallest absolute Gasteiger partial charge is 0.243 e. The van der Waals surface area contributed by atoms with Crippen LogP contribution in [-0.2, 0) is 11.8 Å². The van der Waals surface area contributed by atoms with E-state index in [0.717, 1.165) is 18.5 Å². The quantitative estimate of drug-likeness (QED) is 0.630. The van der Waals surface area contributed by atoms with E-state index in [9.17, 15) is 4.79 Å². The highest BCUT2D eigenvalue weighted by atomic mass is 16.2. The molecule has 1 aromatic rings. The number of nitrogens with one attached hydrogen (secondary N) is 1. The summed E-state index contributed by atoms with van der Waals surface area (Å²) >= 11 is 0. The first kappa shape index (κ1) is 11.9. The first-order valence-corrected chi connectivity index (χ1v) is 6.21. The highest BCUT2D eigenvalue weighted by Crippen LogP contribution is 2.23. The van der Waals surface area contributed by atoms with E-state index >= 15 is 0 Å². The summed E-state index contributed by atoms with van der Waals surface area (Å²) in [5.74, 6) is 0.226. The number of carbonyl (C=O) groups is 1. The summed E-state index contributed by atoms with van der Waals surface area (Å²) in [5.41, 5.74) is 3.62. The van der Waals surface area contributed by atoms with Crippen molar-refractivity contribution in [3.63, 3.8) is 0 Å². The predicted molar refractivity (Wildman–Crippen MR) is 67.7 cm³/mol. The average Bonchev–Trinajstić information content (AvgIpc) is 2.76. The van der Waals surface area contributed by atoms with E-state index in [2.05, 4.69) is 10.5 Å². The van der Waals surface area contributed by atoms with Gasteiger partial charge in [0, 0.05) is 19.2 Å². The second-order valence-electron chi connectivity index (χ2n) is 4.61. The summed E-state index contributed by atoms with van der Waals surface area (Å²) in [6, 6.07) is 3.90. The Morgan fingerprint density at radius 3 is 2.88 bits per heavy atom. The van der Waals surface area contributed by atoms with Gasteiger partial charge in [0.25, 0.3) is 0 Å². The predicted octanol–water partition coefficient (Wildman–Crippen LogP) is 2.06. The zero-order valence-corrected chi connectivity index (χ0v) is 10.2. The zero-order chi connectivity index (χ0) is 12.1. The first-order valence-electron chi connectivity index (χ1n) is 6.21. The largest absolute Gasteiger partial charge is 0.350 e. The van der Waals surface area contributed by atoms with Crippen molar-refractivity contribution in [3.8, 4) is 0 Å². The number of hydrogen-bond donors (Lipinski definition) is 1. The molecule has 0 aliphatic heterocycles. The third-order valence-corrected chi connectivity index (χ3v) is 3.33. The molecule has 1 aromatic heterocycles. The van der Waals surface area contributed by atoms with Crippen LogP contribution >= 0.6 is 0 Å². The van der Waals surface area contributed by atoms with Gasteiger partial charge < -0.3 is 4.57 Å². The maximum absolute atomic E-state index is 11.8. The van der Waals surface area contributed by atoms with Gasteiger partial charge in [-0.1, -0.05) is 19.3 Å². The number of hydrogen-bond acceptors (Lipinski definition) is 2. The van der Waals surface area contributed by atoms with Crippen molar-refractivity contribution >= 4 is 12.1 Å². The number of hydrazone groups is 1. The molecular weight excluding hydrogens is 214 g/mol. The molecule has 0 saturated heterocycles. The minimum absolute atomic E-state index is 0.0650. The minimum Gasteiger partial charge on any atom is -0.350 e. The van der Waals surface area contributed by atoms with Gasteiger partial charge in [-0.2, -0.15) is 5.10 Å². The maximum Gasteiger partial charge on any atom is 0.243 e. The van der Waals surface area contributed by atoms with Gasteiger partial charge in [0.05, 0.1) is 11.9 Å². The van der Waals surface area contributed by atoms with E-state index in [1.54, 1.807) is 6.21 Å². The van der Waals surface area contributed by atoms with Gasteiger partial charge in [-0.05, 0) is 25.0 Å². The van der Waals surface area contributed by atoms with Crippen LogP contribution in [-0.4, -0.2) is 16.7 Å². The number of nitrogens with zero attached hydrogens (tertiary/aromatic N) is 2. The van der Waals surface area contributed by atoms with E-state index in [1.807, 2.05) is 29.9 Å². The molecule has 4 nitrogen and oxygen atoms in total. The van der Waals surface area contributed by atoms with Crippen LogP contribution in [0.1, 0.15) is 37.8 Å². The molecule has 2 rings (SSSR count). The lowest BCUT2D eigenvalue weighted by Gasteiger charge is -2.19. The van der Waals surface area contributed by atoms with Gasteiger partial charge >= 0.3 is 0 Å². The lowest BCUT2D eigenvalue weighted by Crippen LogP contribution is -2.28. The molecule has 4 heteroatoms. The van der Waals surface area contributed by atoms with Crippen LogP contribution in [0.15, 0.2) is 23.4 Å². The Morgan fingerprint density at radius 2 is 2.24 bits per heavy atom. The molecule has 0 unspecified atom stereocenters. The van der Waals surface area contributed by atoms with Crippen LogP contribution in [0.2, 0.25) is 0 Å². The zero-order valence-electron chi connectivity index (χ0n) is 10.2. The molecule has 1 N–H and O–H groups in total. The maximum atomic E-state index is 11.8. The Balaban J connectivity index is 1.83. The van der Waals surface area contributed by atoms with Crippen LogP contribution in [0.5, 0.6) is 0 Å². The van der Waals surface area contributed by atoms with Crippen LogP contribution < -0.4 is 5.43 Å². The average molecular weight is 233 g/mol. The molecule has 1 fully saturated rings. The van der Waals surface area contributed by atoms with Crippen molar-refractivity contribution in [2.24, 2.45) is 18.1 Å². The molecule has 0 radical (unpaired) electrons. The lowest BCUT2D eigenvalue weighted by molar-refractivity contribution is -0.125. The van der Waals surface area contributed by atoms with Gasteiger partial charge in [0.2, 0.25) is 5.91 Å². The topological polar surface area (TPSA) is 46.4 Å². The Morgan fingerprint density at radius 1 is 1.47 bits per heavy atom. The van der Waals surface area contributed by atoms with E-state index in [-0.39, 0.29) is 11.8 Å². The van der Waals surface area contributed by atoms with Crippen molar-refractivity contribution in [1.82, 2.24) is 9.99 Å². The Hall–Kier alpha value is -1.58. The van der Waals surface area contributed by atoms with E-state index in [1.165, 1.54) is 19.3 Å². The molecule has 0 bridgehead atoms.